The van der Waals surface area contributed by atoms with E-state index in [9.17, 15) is 0 Å². The Morgan fingerprint density at radius 3 is 2.74 bits per heavy atom. The monoisotopic (exact) mass is 264 g/mol. The Bertz CT molecular complexity index is 377. The van der Waals surface area contributed by atoms with Gasteiger partial charge in [-0.15, -0.1) is 0 Å². The number of unbranched alkanes of at least 4 members (excludes halogenated alkanes) is 1. The number of hydrogen-bond acceptors (Lipinski definition) is 5. The van der Waals surface area contributed by atoms with Gasteiger partial charge in [0.15, 0.2) is 0 Å². The summed E-state index contributed by atoms with van der Waals surface area (Å²) in [7, 11) is 1.76. The minimum atomic E-state index is 0.774. The van der Waals surface area contributed by atoms with E-state index in [1.807, 2.05) is 12.3 Å². The fraction of sp³-hybridized carbons (Fsp3) is 0.643. The van der Waals surface area contributed by atoms with Gasteiger partial charge >= 0.3 is 0 Å². The summed E-state index contributed by atoms with van der Waals surface area (Å²) in [6, 6.07) is 2.00. The molecule has 0 saturated carbocycles. The molecule has 2 N–H and O–H groups in total. The van der Waals surface area contributed by atoms with Crippen molar-refractivity contribution in [3.8, 4) is 0 Å². The molecular formula is C14H24N4O. The number of piperazine rings is 1. The van der Waals surface area contributed by atoms with Gasteiger partial charge in [-0.1, -0.05) is 0 Å². The molecule has 0 spiro atoms. The van der Waals surface area contributed by atoms with Crippen LogP contribution in [0.1, 0.15) is 12.8 Å². The topological polar surface area (TPSA) is 54.6 Å². The van der Waals surface area contributed by atoms with E-state index in [0.717, 1.165) is 50.6 Å². The molecule has 0 bridgehead atoms. The van der Waals surface area contributed by atoms with E-state index >= 15 is 0 Å². The predicted molar refractivity (Wildman–Crippen MR) is 78.4 cm³/mol. The van der Waals surface area contributed by atoms with Gasteiger partial charge in [0.1, 0.15) is 0 Å². The molecule has 0 aliphatic carbocycles. The third-order valence-corrected chi connectivity index (χ3v) is 3.61. The molecule has 1 aliphatic heterocycles. The summed E-state index contributed by atoms with van der Waals surface area (Å²) in [4.78, 5) is 8.91. The second-order valence-electron chi connectivity index (χ2n) is 4.96. The highest BCUT2D eigenvalue weighted by Gasteiger charge is 2.17. The summed E-state index contributed by atoms with van der Waals surface area (Å²) >= 11 is 0. The molecule has 0 radical (unpaired) electrons. The molecule has 2 rings (SSSR count). The summed E-state index contributed by atoms with van der Waals surface area (Å²) in [6.07, 6.45) is 5.90. The van der Waals surface area contributed by atoms with Crippen LogP contribution in [0.25, 0.3) is 0 Å². The summed E-state index contributed by atoms with van der Waals surface area (Å²) in [5.74, 6) is 0. The fourth-order valence-corrected chi connectivity index (χ4v) is 2.48. The molecule has 1 saturated heterocycles. The van der Waals surface area contributed by atoms with E-state index in [2.05, 4.69) is 14.8 Å². The Balaban J connectivity index is 1.75. The number of hydrogen-bond donors (Lipinski definition) is 1. The predicted octanol–water partition coefficient (Wildman–Crippen LogP) is 1.21. The second-order valence-corrected chi connectivity index (χ2v) is 4.96. The summed E-state index contributed by atoms with van der Waals surface area (Å²) in [5.41, 5.74) is 7.86. The minimum Gasteiger partial charge on any atom is -0.396 e. The van der Waals surface area contributed by atoms with Crippen molar-refractivity contribution >= 4 is 11.4 Å². The van der Waals surface area contributed by atoms with Crippen molar-refractivity contribution in [2.45, 2.75) is 12.8 Å². The Labute approximate surface area is 115 Å². The van der Waals surface area contributed by atoms with E-state index in [-0.39, 0.29) is 0 Å². The SMILES string of the molecule is COCCCCN1CCN(c2ccncc2N)CC1. The van der Waals surface area contributed by atoms with E-state index in [4.69, 9.17) is 10.5 Å². The average molecular weight is 264 g/mol. The highest BCUT2D eigenvalue weighted by atomic mass is 16.5. The number of nitrogens with two attached hydrogens (primary N) is 1. The maximum Gasteiger partial charge on any atom is 0.0738 e. The lowest BCUT2D eigenvalue weighted by molar-refractivity contribution is 0.182. The van der Waals surface area contributed by atoms with Crippen molar-refractivity contribution in [2.75, 3.05) is 57.1 Å². The zero-order valence-electron chi connectivity index (χ0n) is 11.7. The van der Waals surface area contributed by atoms with Gasteiger partial charge in [0.2, 0.25) is 0 Å². The first-order valence-corrected chi connectivity index (χ1v) is 6.97. The van der Waals surface area contributed by atoms with Crippen LogP contribution in [0.3, 0.4) is 0 Å². The molecule has 1 fully saturated rings. The molecule has 5 nitrogen and oxygen atoms in total. The van der Waals surface area contributed by atoms with Gasteiger partial charge in [-0.25, -0.2) is 0 Å². The largest absolute Gasteiger partial charge is 0.396 e. The zero-order chi connectivity index (χ0) is 13.5. The van der Waals surface area contributed by atoms with Gasteiger partial charge in [0.25, 0.3) is 0 Å². The van der Waals surface area contributed by atoms with Crippen LogP contribution in [0, 0.1) is 0 Å². The number of rotatable bonds is 6. The molecular weight excluding hydrogens is 240 g/mol. The van der Waals surface area contributed by atoms with Gasteiger partial charge in [0.05, 0.1) is 17.6 Å². The number of pyridine rings is 1. The molecule has 0 unspecified atom stereocenters. The lowest BCUT2D eigenvalue weighted by Gasteiger charge is -2.36. The molecule has 1 aliphatic rings. The van der Waals surface area contributed by atoms with Crippen LogP contribution in [0.15, 0.2) is 18.5 Å². The molecule has 2 heterocycles. The van der Waals surface area contributed by atoms with Crippen molar-refractivity contribution < 1.29 is 4.74 Å². The summed E-state index contributed by atoms with van der Waals surface area (Å²) in [6.45, 7) is 6.33. The van der Waals surface area contributed by atoms with Gasteiger partial charge < -0.3 is 15.4 Å². The van der Waals surface area contributed by atoms with Gasteiger partial charge in [-0.3, -0.25) is 9.88 Å². The first-order chi connectivity index (χ1) is 9.31. The normalized spacial score (nSPS) is 16.8. The van der Waals surface area contributed by atoms with Crippen LogP contribution >= 0.6 is 0 Å². The van der Waals surface area contributed by atoms with Crippen molar-refractivity contribution in [1.29, 1.82) is 0 Å². The molecule has 0 atom stereocenters. The third kappa shape index (κ3) is 4.08. The standard InChI is InChI=1S/C14H24N4O/c1-19-11-3-2-6-17-7-9-18(10-8-17)14-4-5-16-12-13(14)15/h4-5,12H,2-3,6-11,15H2,1H3. The van der Waals surface area contributed by atoms with Crippen LogP contribution in [0.5, 0.6) is 0 Å². The van der Waals surface area contributed by atoms with Crippen molar-refractivity contribution in [3.63, 3.8) is 0 Å². The first-order valence-electron chi connectivity index (χ1n) is 6.97. The van der Waals surface area contributed by atoms with Crippen LogP contribution in [0.2, 0.25) is 0 Å². The highest BCUT2D eigenvalue weighted by molar-refractivity contribution is 5.66. The van der Waals surface area contributed by atoms with Crippen LogP contribution in [-0.2, 0) is 4.74 Å². The molecule has 106 valence electrons. The molecule has 0 aromatic carbocycles. The lowest BCUT2D eigenvalue weighted by atomic mass is 10.2. The lowest BCUT2D eigenvalue weighted by Crippen LogP contribution is -2.46. The Hall–Kier alpha value is -1.33. The Kier molecular flexibility index (Phi) is 5.42. The molecule has 19 heavy (non-hydrogen) atoms. The highest BCUT2D eigenvalue weighted by Crippen LogP contribution is 2.22. The maximum absolute atomic E-state index is 5.97. The van der Waals surface area contributed by atoms with E-state index in [1.54, 1.807) is 13.3 Å². The van der Waals surface area contributed by atoms with Crippen LogP contribution in [-0.4, -0.2) is 56.3 Å². The number of anilines is 2. The number of nitrogens with zero attached hydrogens (tertiary/aromatic N) is 3. The number of aromatic nitrogens is 1. The summed E-state index contributed by atoms with van der Waals surface area (Å²) < 4.78 is 5.07. The van der Waals surface area contributed by atoms with Gasteiger partial charge in [-0.05, 0) is 25.5 Å². The van der Waals surface area contributed by atoms with Crippen LogP contribution < -0.4 is 10.6 Å². The van der Waals surface area contributed by atoms with Crippen LogP contribution in [0.4, 0.5) is 11.4 Å². The smallest absolute Gasteiger partial charge is 0.0738 e. The molecule has 1 aromatic rings. The van der Waals surface area contributed by atoms with Crippen molar-refractivity contribution in [2.24, 2.45) is 0 Å². The molecule has 5 heteroatoms. The average Bonchev–Trinajstić information content (AvgIpc) is 2.45. The third-order valence-electron chi connectivity index (χ3n) is 3.61. The first kappa shape index (κ1) is 14.1. The Morgan fingerprint density at radius 1 is 1.26 bits per heavy atom. The Morgan fingerprint density at radius 2 is 2.05 bits per heavy atom. The van der Waals surface area contributed by atoms with Crippen molar-refractivity contribution in [3.05, 3.63) is 18.5 Å². The molecule has 0 amide bonds. The number of ether oxygens (including phenoxy) is 1. The number of nitrogen functional groups attached to an aromatic ring is 1. The van der Waals surface area contributed by atoms with Gasteiger partial charge in [0, 0.05) is 46.1 Å². The van der Waals surface area contributed by atoms with E-state index in [1.165, 1.54) is 13.0 Å². The van der Waals surface area contributed by atoms with E-state index in [0.29, 0.717) is 0 Å². The quantitative estimate of drug-likeness (QED) is 0.783. The van der Waals surface area contributed by atoms with Gasteiger partial charge in [-0.2, -0.15) is 0 Å². The second kappa shape index (κ2) is 7.31. The minimum absolute atomic E-state index is 0.774. The number of methoxy groups -OCH3 is 1. The zero-order valence-corrected chi connectivity index (χ0v) is 11.7. The maximum atomic E-state index is 5.97. The fourth-order valence-electron chi connectivity index (χ4n) is 2.48. The van der Waals surface area contributed by atoms with E-state index < -0.39 is 0 Å². The molecule has 1 aromatic heterocycles. The summed E-state index contributed by atoms with van der Waals surface area (Å²) in [5, 5.41) is 0. The van der Waals surface area contributed by atoms with Crippen molar-refractivity contribution in [1.82, 2.24) is 9.88 Å².